The molecule has 0 atom stereocenters. The largest absolute Gasteiger partial charge is 0.324 e. The Morgan fingerprint density at radius 1 is 1.18 bits per heavy atom. The van der Waals surface area contributed by atoms with Crippen LogP contribution in [-0.2, 0) is 6.42 Å². The van der Waals surface area contributed by atoms with Crippen molar-refractivity contribution in [3.8, 4) is 0 Å². The number of hydrogen-bond acceptors (Lipinski definition) is 3. The molecule has 17 heavy (non-hydrogen) atoms. The van der Waals surface area contributed by atoms with Crippen molar-refractivity contribution in [3.05, 3.63) is 64.5 Å². The second kappa shape index (κ2) is 3.86. The lowest BCUT2D eigenvalue weighted by Crippen LogP contribution is -2.09. The quantitative estimate of drug-likeness (QED) is 0.709. The Hall–Kier alpha value is -2.43. The van der Waals surface area contributed by atoms with Gasteiger partial charge in [0.05, 0.1) is 0 Å². The summed E-state index contributed by atoms with van der Waals surface area (Å²) < 4.78 is 1.71. The van der Waals surface area contributed by atoms with E-state index in [0.29, 0.717) is 12.1 Å². The average molecular weight is 226 g/mol. The van der Waals surface area contributed by atoms with Gasteiger partial charge < -0.3 is 4.98 Å². The van der Waals surface area contributed by atoms with E-state index in [1.165, 1.54) is 0 Å². The summed E-state index contributed by atoms with van der Waals surface area (Å²) in [5, 5.41) is 7.93. The summed E-state index contributed by atoms with van der Waals surface area (Å²) in [6.45, 7) is 0. The SMILES string of the molecule is O=c1[nH]ccn2c(Cc3ccccc3)nnc12. The molecule has 3 aromatic rings. The molecule has 2 heterocycles. The van der Waals surface area contributed by atoms with Gasteiger partial charge in [0.1, 0.15) is 5.82 Å². The van der Waals surface area contributed by atoms with Gasteiger partial charge in [-0.1, -0.05) is 30.3 Å². The van der Waals surface area contributed by atoms with Gasteiger partial charge in [-0.15, -0.1) is 10.2 Å². The number of aromatic amines is 1. The molecule has 5 heteroatoms. The monoisotopic (exact) mass is 226 g/mol. The molecule has 0 spiro atoms. The first-order valence-electron chi connectivity index (χ1n) is 5.30. The van der Waals surface area contributed by atoms with Crippen LogP contribution in [0.15, 0.2) is 47.5 Å². The van der Waals surface area contributed by atoms with E-state index in [9.17, 15) is 4.79 Å². The minimum Gasteiger partial charge on any atom is -0.324 e. The summed E-state index contributed by atoms with van der Waals surface area (Å²) in [7, 11) is 0. The summed E-state index contributed by atoms with van der Waals surface area (Å²) in [6.07, 6.45) is 4.01. The van der Waals surface area contributed by atoms with Crippen molar-refractivity contribution in [2.75, 3.05) is 0 Å². The molecule has 0 aliphatic rings. The highest BCUT2D eigenvalue weighted by Gasteiger charge is 2.07. The van der Waals surface area contributed by atoms with Crippen molar-refractivity contribution < 1.29 is 0 Å². The van der Waals surface area contributed by atoms with Gasteiger partial charge in [-0.05, 0) is 5.56 Å². The third kappa shape index (κ3) is 1.71. The maximum Gasteiger partial charge on any atom is 0.293 e. The molecule has 1 N–H and O–H groups in total. The Morgan fingerprint density at radius 2 is 2.00 bits per heavy atom. The van der Waals surface area contributed by atoms with Gasteiger partial charge in [0.25, 0.3) is 5.56 Å². The third-order valence-electron chi connectivity index (χ3n) is 2.61. The molecule has 3 rings (SSSR count). The summed E-state index contributed by atoms with van der Waals surface area (Å²) in [5.41, 5.74) is 1.25. The lowest BCUT2D eigenvalue weighted by molar-refractivity contribution is 0.929. The summed E-state index contributed by atoms with van der Waals surface area (Å²) in [6, 6.07) is 9.97. The van der Waals surface area contributed by atoms with E-state index in [4.69, 9.17) is 0 Å². The minimum absolute atomic E-state index is 0.223. The van der Waals surface area contributed by atoms with Crippen LogP contribution in [-0.4, -0.2) is 19.6 Å². The van der Waals surface area contributed by atoms with Crippen molar-refractivity contribution in [1.29, 1.82) is 0 Å². The molecule has 1 aromatic carbocycles. The fraction of sp³-hybridized carbons (Fsp3) is 0.0833. The van der Waals surface area contributed by atoms with Crippen LogP contribution in [0.4, 0.5) is 0 Å². The highest BCUT2D eigenvalue weighted by atomic mass is 16.1. The second-order valence-corrected chi connectivity index (χ2v) is 3.76. The molecule has 0 aliphatic carbocycles. The van der Waals surface area contributed by atoms with Gasteiger partial charge in [-0.2, -0.15) is 0 Å². The first-order valence-corrected chi connectivity index (χ1v) is 5.30. The Balaban J connectivity index is 2.08. The molecule has 0 unspecified atom stereocenters. The zero-order valence-corrected chi connectivity index (χ0v) is 9.00. The van der Waals surface area contributed by atoms with E-state index >= 15 is 0 Å². The van der Waals surface area contributed by atoms with Gasteiger partial charge >= 0.3 is 0 Å². The molecule has 5 nitrogen and oxygen atoms in total. The predicted molar refractivity (Wildman–Crippen MR) is 62.9 cm³/mol. The van der Waals surface area contributed by atoms with Gasteiger partial charge in [-0.25, -0.2) is 0 Å². The molecule has 2 aromatic heterocycles. The number of hydrogen-bond donors (Lipinski definition) is 1. The normalized spacial score (nSPS) is 10.8. The maximum atomic E-state index is 11.5. The lowest BCUT2D eigenvalue weighted by atomic mass is 10.1. The number of nitrogens with zero attached hydrogens (tertiary/aromatic N) is 3. The first-order chi connectivity index (χ1) is 8.34. The van der Waals surface area contributed by atoms with Gasteiger partial charge in [0, 0.05) is 18.8 Å². The third-order valence-corrected chi connectivity index (χ3v) is 2.61. The number of H-pyrrole nitrogens is 1. The van der Waals surface area contributed by atoms with Crippen LogP contribution in [0.1, 0.15) is 11.4 Å². The van der Waals surface area contributed by atoms with Crippen LogP contribution in [0.3, 0.4) is 0 Å². The second-order valence-electron chi connectivity index (χ2n) is 3.76. The number of benzene rings is 1. The number of rotatable bonds is 2. The van der Waals surface area contributed by atoms with E-state index in [0.717, 1.165) is 11.4 Å². The summed E-state index contributed by atoms with van der Waals surface area (Å²) in [4.78, 5) is 14.0. The van der Waals surface area contributed by atoms with Crippen LogP contribution in [0.2, 0.25) is 0 Å². The van der Waals surface area contributed by atoms with Gasteiger partial charge in [0.15, 0.2) is 0 Å². The average Bonchev–Trinajstić information content (AvgIpc) is 2.76. The molecule has 84 valence electrons. The number of fused-ring (bicyclic) bond motifs is 1. The molecule has 0 bridgehead atoms. The number of nitrogens with one attached hydrogen (secondary N) is 1. The molecule has 0 radical (unpaired) electrons. The zero-order chi connectivity index (χ0) is 11.7. The van der Waals surface area contributed by atoms with Crippen LogP contribution in [0.25, 0.3) is 5.65 Å². The molecule has 0 amide bonds. The van der Waals surface area contributed by atoms with E-state index in [1.54, 1.807) is 16.8 Å². The van der Waals surface area contributed by atoms with Crippen LogP contribution in [0.5, 0.6) is 0 Å². The highest BCUT2D eigenvalue weighted by molar-refractivity contribution is 5.35. The minimum atomic E-state index is -0.223. The molecule has 0 aliphatic heterocycles. The van der Waals surface area contributed by atoms with Crippen molar-refractivity contribution in [3.63, 3.8) is 0 Å². The van der Waals surface area contributed by atoms with E-state index in [2.05, 4.69) is 15.2 Å². The maximum absolute atomic E-state index is 11.5. The molecular formula is C12H10N4O. The van der Waals surface area contributed by atoms with E-state index in [-0.39, 0.29) is 5.56 Å². The smallest absolute Gasteiger partial charge is 0.293 e. The predicted octanol–water partition coefficient (Wildman–Crippen LogP) is 1.01. The number of aromatic nitrogens is 4. The van der Waals surface area contributed by atoms with E-state index in [1.807, 2.05) is 30.3 Å². The Morgan fingerprint density at radius 3 is 2.82 bits per heavy atom. The van der Waals surface area contributed by atoms with Gasteiger partial charge in [0.2, 0.25) is 5.65 Å². The Bertz CT molecular complexity index is 699. The summed E-state index contributed by atoms with van der Waals surface area (Å²) in [5.74, 6) is 0.761. The van der Waals surface area contributed by atoms with Crippen molar-refractivity contribution in [2.45, 2.75) is 6.42 Å². The fourth-order valence-corrected chi connectivity index (χ4v) is 1.79. The molecule has 0 fully saturated rings. The Kier molecular flexibility index (Phi) is 2.22. The van der Waals surface area contributed by atoms with Crippen molar-refractivity contribution in [2.24, 2.45) is 0 Å². The van der Waals surface area contributed by atoms with Crippen LogP contribution < -0.4 is 5.56 Å². The van der Waals surface area contributed by atoms with Crippen LogP contribution in [0, 0.1) is 0 Å². The van der Waals surface area contributed by atoms with Gasteiger partial charge in [-0.3, -0.25) is 9.20 Å². The topological polar surface area (TPSA) is 63.0 Å². The van der Waals surface area contributed by atoms with Crippen LogP contribution >= 0.6 is 0 Å². The lowest BCUT2D eigenvalue weighted by Gasteiger charge is -1.99. The highest BCUT2D eigenvalue weighted by Crippen LogP contribution is 2.07. The standard InChI is InChI=1S/C12H10N4O/c17-12-11-15-14-10(16(11)7-6-13-12)8-9-4-2-1-3-5-9/h1-7H,8H2,(H,13,17). The van der Waals surface area contributed by atoms with E-state index < -0.39 is 0 Å². The summed E-state index contributed by atoms with van der Waals surface area (Å²) >= 11 is 0. The zero-order valence-electron chi connectivity index (χ0n) is 9.00. The van der Waals surface area contributed by atoms with Crippen molar-refractivity contribution in [1.82, 2.24) is 19.6 Å². The molecule has 0 saturated carbocycles. The first kappa shape index (κ1) is 9.77. The van der Waals surface area contributed by atoms with Crippen molar-refractivity contribution >= 4 is 5.65 Å². The molecule has 0 saturated heterocycles. The fourth-order valence-electron chi connectivity index (χ4n) is 1.79. The molecular weight excluding hydrogens is 216 g/mol. The Labute approximate surface area is 96.8 Å².